The summed E-state index contributed by atoms with van der Waals surface area (Å²) >= 11 is 2.33. The fraction of sp³-hybridized carbons (Fsp3) is 0.455. The minimum absolute atomic E-state index is 0.319. The van der Waals surface area contributed by atoms with Gasteiger partial charge in [-0.15, -0.1) is 0 Å². The number of fused-ring (bicyclic) bond motifs is 1. The zero-order valence-corrected chi connectivity index (χ0v) is 10.9. The highest BCUT2D eigenvalue weighted by Crippen LogP contribution is 2.20. The monoisotopic (exact) mass is 329 g/mol. The van der Waals surface area contributed by atoms with Crippen molar-refractivity contribution in [2.75, 3.05) is 6.61 Å². The van der Waals surface area contributed by atoms with Crippen molar-refractivity contribution >= 4 is 33.6 Å². The molecule has 16 heavy (non-hydrogen) atoms. The van der Waals surface area contributed by atoms with Crippen molar-refractivity contribution in [2.24, 2.45) is 0 Å². The lowest BCUT2D eigenvalue weighted by Gasteiger charge is -2.10. The first-order valence-corrected chi connectivity index (χ1v) is 6.50. The van der Waals surface area contributed by atoms with Gasteiger partial charge in [-0.1, -0.05) is 0 Å². The average Bonchev–Trinajstić information content (AvgIpc) is 2.90. The van der Waals surface area contributed by atoms with Gasteiger partial charge in [-0.25, -0.2) is 0 Å². The number of halogens is 1. The van der Waals surface area contributed by atoms with Crippen molar-refractivity contribution in [1.82, 2.24) is 14.8 Å². The molecule has 2 aromatic heterocycles. The van der Waals surface area contributed by atoms with E-state index in [4.69, 9.17) is 4.74 Å². The van der Waals surface area contributed by atoms with E-state index < -0.39 is 0 Å². The molecule has 0 spiro atoms. The maximum absolute atomic E-state index is 5.63. The van der Waals surface area contributed by atoms with Crippen LogP contribution < -0.4 is 0 Å². The third-order valence-electron chi connectivity index (χ3n) is 2.88. The van der Waals surface area contributed by atoms with E-state index in [1.807, 2.05) is 23.1 Å². The molecule has 1 aliphatic heterocycles. The van der Waals surface area contributed by atoms with Crippen LogP contribution in [0.15, 0.2) is 18.5 Å². The molecule has 84 valence electrons. The molecule has 0 aliphatic carbocycles. The minimum atomic E-state index is 0.319. The predicted octanol–water partition coefficient (Wildman–Crippen LogP) is 2.21. The number of nitrogens with zero attached hydrogens (tertiary/aromatic N) is 3. The number of pyridine rings is 1. The molecule has 1 fully saturated rings. The predicted molar refractivity (Wildman–Crippen MR) is 69.2 cm³/mol. The lowest BCUT2D eigenvalue weighted by atomic mass is 10.2. The number of ether oxygens (including phenoxy) is 1. The van der Waals surface area contributed by atoms with Crippen LogP contribution in [0.3, 0.4) is 0 Å². The first-order valence-electron chi connectivity index (χ1n) is 5.42. The first-order chi connectivity index (χ1) is 7.84. The third kappa shape index (κ3) is 1.82. The molecule has 2 aromatic rings. The Balaban J connectivity index is 1.97. The highest BCUT2D eigenvalue weighted by molar-refractivity contribution is 14.1. The van der Waals surface area contributed by atoms with Gasteiger partial charge >= 0.3 is 0 Å². The summed E-state index contributed by atoms with van der Waals surface area (Å²) in [7, 11) is 0. The lowest BCUT2D eigenvalue weighted by Crippen LogP contribution is -2.16. The number of rotatable bonds is 2. The molecule has 1 unspecified atom stereocenters. The Morgan fingerprint density at radius 1 is 1.56 bits per heavy atom. The molecule has 4 nitrogen and oxygen atoms in total. The molecule has 0 aromatic carbocycles. The van der Waals surface area contributed by atoms with Gasteiger partial charge in [0.05, 0.1) is 18.8 Å². The normalized spacial score (nSPS) is 20.7. The van der Waals surface area contributed by atoms with E-state index in [1.54, 1.807) is 0 Å². The number of hydrogen-bond acceptors (Lipinski definition) is 3. The highest BCUT2D eigenvalue weighted by atomic mass is 127. The van der Waals surface area contributed by atoms with Crippen molar-refractivity contribution < 1.29 is 4.74 Å². The van der Waals surface area contributed by atoms with Crippen LogP contribution in [0, 0.1) is 3.57 Å². The third-order valence-corrected chi connectivity index (χ3v) is 3.75. The van der Waals surface area contributed by atoms with Crippen molar-refractivity contribution in [3.63, 3.8) is 0 Å². The van der Waals surface area contributed by atoms with Gasteiger partial charge in [-0.2, -0.15) is 5.10 Å². The van der Waals surface area contributed by atoms with Gasteiger partial charge < -0.3 is 4.74 Å². The van der Waals surface area contributed by atoms with Crippen LogP contribution in [0.4, 0.5) is 0 Å². The molecule has 1 atom stereocenters. The van der Waals surface area contributed by atoms with E-state index in [1.165, 1.54) is 9.99 Å². The summed E-state index contributed by atoms with van der Waals surface area (Å²) in [6, 6.07) is 2.01. The minimum Gasteiger partial charge on any atom is -0.376 e. The summed E-state index contributed by atoms with van der Waals surface area (Å²) in [5.74, 6) is 0. The molecule has 0 radical (unpaired) electrons. The average molecular weight is 329 g/mol. The Hall–Kier alpha value is -0.690. The molecule has 1 saturated heterocycles. The summed E-state index contributed by atoms with van der Waals surface area (Å²) in [5.41, 5.74) is 2.09. The van der Waals surface area contributed by atoms with E-state index in [0.29, 0.717) is 6.10 Å². The lowest BCUT2D eigenvalue weighted by molar-refractivity contribution is 0.0951. The molecule has 0 bridgehead atoms. The Bertz CT molecular complexity index is 505. The second-order valence-corrected chi connectivity index (χ2v) is 5.15. The van der Waals surface area contributed by atoms with Crippen molar-refractivity contribution in [1.29, 1.82) is 0 Å². The molecule has 0 amide bonds. The van der Waals surface area contributed by atoms with E-state index in [0.717, 1.165) is 30.6 Å². The summed E-state index contributed by atoms with van der Waals surface area (Å²) in [5, 5.41) is 4.39. The maximum atomic E-state index is 5.63. The van der Waals surface area contributed by atoms with E-state index >= 15 is 0 Å². The Kier molecular flexibility index (Phi) is 2.81. The second kappa shape index (κ2) is 4.29. The van der Waals surface area contributed by atoms with Gasteiger partial charge in [0.15, 0.2) is 0 Å². The van der Waals surface area contributed by atoms with Crippen LogP contribution in [-0.4, -0.2) is 27.5 Å². The van der Waals surface area contributed by atoms with Gasteiger partial charge in [-0.3, -0.25) is 9.67 Å². The Morgan fingerprint density at radius 2 is 2.50 bits per heavy atom. The van der Waals surface area contributed by atoms with Crippen LogP contribution in [0.25, 0.3) is 11.0 Å². The van der Waals surface area contributed by atoms with Crippen LogP contribution in [0.1, 0.15) is 12.8 Å². The summed E-state index contributed by atoms with van der Waals surface area (Å²) < 4.78 is 8.84. The Morgan fingerprint density at radius 3 is 3.31 bits per heavy atom. The van der Waals surface area contributed by atoms with Gasteiger partial charge in [0.1, 0.15) is 11.0 Å². The summed E-state index contributed by atoms with van der Waals surface area (Å²) in [6.45, 7) is 1.73. The first kappa shape index (κ1) is 10.5. The van der Waals surface area contributed by atoms with Crippen LogP contribution in [0.2, 0.25) is 0 Å². The smallest absolute Gasteiger partial charge is 0.109 e. The molecule has 3 rings (SSSR count). The van der Waals surface area contributed by atoms with Crippen molar-refractivity contribution in [3.8, 4) is 0 Å². The molecule has 1 aliphatic rings. The summed E-state index contributed by atoms with van der Waals surface area (Å²) in [4.78, 5) is 4.31. The molecule has 3 heterocycles. The second-order valence-electron chi connectivity index (χ2n) is 3.99. The fourth-order valence-electron chi connectivity index (χ4n) is 2.10. The standard InChI is InChI=1S/C11H12IN3O/c12-9-3-4-13-10-6-14-15(11(9)10)7-8-2-1-5-16-8/h3-4,6,8H,1-2,5,7H2. The number of aromatic nitrogens is 3. The zero-order valence-electron chi connectivity index (χ0n) is 8.77. The van der Waals surface area contributed by atoms with Gasteiger partial charge in [0, 0.05) is 16.4 Å². The van der Waals surface area contributed by atoms with Crippen LogP contribution >= 0.6 is 22.6 Å². The Labute approximate surface area is 107 Å². The van der Waals surface area contributed by atoms with E-state index in [-0.39, 0.29) is 0 Å². The van der Waals surface area contributed by atoms with E-state index in [2.05, 4.69) is 32.7 Å². The highest BCUT2D eigenvalue weighted by Gasteiger charge is 2.18. The van der Waals surface area contributed by atoms with Crippen molar-refractivity contribution in [2.45, 2.75) is 25.5 Å². The van der Waals surface area contributed by atoms with Crippen LogP contribution in [-0.2, 0) is 11.3 Å². The summed E-state index contributed by atoms with van der Waals surface area (Å²) in [6.07, 6.45) is 6.27. The molecule has 0 N–H and O–H groups in total. The molecule has 5 heteroatoms. The molecular formula is C11H12IN3O. The zero-order chi connectivity index (χ0) is 11.0. The quantitative estimate of drug-likeness (QED) is 0.793. The maximum Gasteiger partial charge on any atom is 0.109 e. The van der Waals surface area contributed by atoms with Gasteiger partial charge in [0.2, 0.25) is 0 Å². The van der Waals surface area contributed by atoms with Crippen molar-refractivity contribution in [3.05, 3.63) is 22.0 Å². The largest absolute Gasteiger partial charge is 0.376 e. The molecular weight excluding hydrogens is 317 g/mol. The number of hydrogen-bond donors (Lipinski definition) is 0. The van der Waals surface area contributed by atoms with Gasteiger partial charge in [0.25, 0.3) is 0 Å². The van der Waals surface area contributed by atoms with Gasteiger partial charge in [-0.05, 0) is 41.5 Å². The van der Waals surface area contributed by atoms with E-state index in [9.17, 15) is 0 Å². The van der Waals surface area contributed by atoms with Crippen LogP contribution in [0.5, 0.6) is 0 Å². The SMILES string of the molecule is Ic1ccnc2cnn(CC3CCCO3)c12. The fourth-order valence-corrected chi connectivity index (χ4v) is 2.81. The topological polar surface area (TPSA) is 39.9 Å². The molecule has 0 saturated carbocycles.